The largest absolute Gasteiger partial charge is 0.418 e. The molecule has 27 heavy (non-hydrogen) atoms. The number of amides is 1. The SMILES string of the molecule is CON(C)C(=O)c1cnn(-c2ccnc3c(C(F)(F)F)cccc23)c1CO. The fraction of sp³-hybridized carbons (Fsp3) is 0.235. The van der Waals surface area contributed by atoms with Crippen LogP contribution < -0.4 is 0 Å². The number of benzene rings is 1. The quantitative estimate of drug-likeness (QED) is 0.704. The molecule has 0 spiro atoms. The van der Waals surface area contributed by atoms with E-state index in [1.54, 1.807) is 0 Å². The predicted molar refractivity (Wildman–Crippen MR) is 88.9 cm³/mol. The minimum Gasteiger partial charge on any atom is -0.390 e. The molecule has 7 nitrogen and oxygen atoms in total. The van der Waals surface area contributed by atoms with Gasteiger partial charge in [0.2, 0.25) is 0 Å². The molecule has 0 radical (unpaired) electrons. The van der Waals surface area contributed by atoms with Gasteiger partial charge in [-0.15, -0.1) is 0 Å². The molecule has 0 aliphatic rings. The van der Waals surface area contributed by atoms with Gasteiger partial charge in [0.1, 0.15) is 0 Å². The zero-order chi connectivity index (χ0) is 19.8. The van der Waals surface area contributed by atoms with Crippen LogP contribution in [0.25, 0.3) is 16.6 Å². The first kappa shape index (κ1) is 18.8. The summed E-state index contributed by atoms with van der Waals surface area (Å²) in [6.45, 7) is -0.554. The fourth-order valence-electron chi connectivity index (χ4n) is 2.74. The van der Waals surface area contributed by atoms with E-state index in [9.17, 15) is 23.1 Å². The minimum atomic E-state index is -4.57. The molecule has 3 aromatic rings. The van der Waals surface area contributed by atoms with Gasteiger partial charge in [-0.2, -0.15) is 18.3 Å². The smallest absolute Gasteiger partial charge is 0.390 e. The number of halogens is 3. The van der Waals surface area contributed by atoms with E-state index in [-0.39, 0.29) is 27.8 Å². The second-order valence-corrected chi connectivity index (χ2v) is 5.59. The van der Waals surface area contributed by atoms with Crippen LogP contribution in [-0.2, 0) is 17.6 Å². The van der Waals surface area contributed by atoms with E-state index in [0.29, 0.717) is 0 Å². The number of hydroxylamine groups is 2. The molecule has 0 aliphatic carbocycles. The van der Waals surface area contributed by atoms with Crippen LogP contribution in [0.2, 0.25) is 0 Å². The normalized spacial score (nSPS) is 11.8. The van der Waals surface area contributed by atoms with Gasteiger partial charge in [0.25, 0.3) is 5.91 Å². The van der Waals surface area contributed by atoms with Crippen molar-refractivity contribution in [3.8, 4) is 5.69 Å². The first-order valence-corrected chi connectivity index (χ1v) is 7.74. The highest BCUT2D eigenvalue weighted by Crippen LogP contribution is 2.35. The van der Waals surface area contributed by atoms with Gasteiger partial charge in [-0.05, 0) is 12.1 Å². The number of aromatic nitrogens is 3. The average molecular weight is 380 g/mol. The second-order valence-electron chi connectivity index (χ2n) is 5.59. The predicted octanol–water partition coefficient (Wildman–Crippen LogP) is 2.57. The lowest BCUT2D eigenvalue weighted by atomic mass is 10.1. The summed E-state index contributed by atoms with van der Waals surface area (Å²) in [4.78, 5) is 21.0. The molecule has 10 heteroatoms. The van der Waals surface area contributed by atoms with Crippen molar-refractivity contribution in [1.29, 1.82) is 0 Å². The molecule has 0 aliphatic heterocycles. The number of alkyl halides is 3. The van der Waals surface area contributed by atoms with E-state index in [2.05, 4.69) is 10.1 Å². The molecule has 1 aromatic carbocycles. The van der Waals surface area contributed by atoms with E-state index in [4.69, 9.17) is 4.84 Å². The van der Waals surface area contributed by atoms with Crippen molar-refractivity contribution < 1.29 is 27.9 Å². The van der Waals surface area contributed by atoms with Crippen molar-refractivity contribution >= 4 is 16.8 Å². The molecule has 3 rings (SSSR count). The Kier molecular flexibility index (Phi) is 4.85. The van der Waals surface area contributed by atoms with Crippen LogP contribution in [0.4, 0.5) is 13.2 Å². The van der Waals surface area contributed by atoms with Crippen LogP contribution in [0.5, 0.6) is 0 Å². The van der Waals surface area contributed by atoms with Crippen molar-refractivity contribution in [2.75, 3.05) is 14.2 Å². The summed E-state index contributed by atoms with van der Waals surface area (Å²) in [5.41, 5.74) is -0.680. The topological polar surface area (TPSA) is 80.5 Å². The number of pyridine rings is 1. The summed E-state index contributed by atoms with van der Waals surface area (Å²) >= 11 is 0. The van der Waals surface area contributed by atoms with Crippen LogP contribution in [0.3, 0.4) is 0 Å². The van der Waals surface area contributed by atoms with E-state index in [0.717, 1.165) is 11.1 Å². The summed E-state index contributed by atoms with van der Waals surface area (Å²) in [6.07, 6.45) is -2.13. The highest BCUT2D eigenvalue weighted by molar-refractivity contribution is 5.95. The number of carbonyl (C=O) groups excluding carboxylic acids is 1. The van der Waals surface area contributed by atoms with Crippen LogP contribution >= 0.6 is 0 Å². The molecule has 0 atom stereocenters. The van der Waals surface area contributed by atoms with E-state index in [1.807, 2.05) is 0 Å². The maximum atomic E-state index is 13.3. The fourth-order valence-corrected chi connectivity index (χ4v) is 2.74. The van der Waals surface area contributed by atoms with Gasteiger partial charge in [0.15, 0.2) is 0 Å². The lowest BCUT2D eigenvalue weighted by molar-refractivity contribution is -0.136. The number of hydrogen-bond acceptors (Lipinski definition) is 5. The van der Waals surface area contributed by atoms with Crippen molar-refractivity contribution in [3.05, 3.63) is 53.5 Å². The molecule has 0 bridgehead atoms. The Morgan fingerprint density at radius 1 is 1.33 bits per heavy atom. The van der Waals surface area contributed by atoms with Crippen molar-refractivity contribution in [2.45, 2.75) is 12.8 Å². The number of carbonyl (C=O) groups is 1. The minimum absolute atomic E-state index is 0.0683. The third-order valence-electron chi connectivity index (χ3n) is 4.09. The molecule has 2 aromatic heterocycles. The molecule has 1 N–H and O–H groups in total. The van der Waals surface area contributed by atoms with Gasteiger partial charge in [0.05, 0.1) is 47.9 Å². The zero-order valence-electron chi connectivity index (χ0n) is 14.4. The molecule has 0 unspecified atom stereocenters. The average Bonchev–Trinajstić information content (AvgIpc) is 3.08. The third-order valence-corrected chi connectivity index (χ3v) is 4.09. The van der Waals surface area contributed by atoms with E-state index in [1.165, 1.54) is 49.4 Å². The van der Waals surface area contributed by atoms with Gasteiger partial charge in [-0.25, -0.2) is 9.75 Å². The molecule has 2 heterocycles. The Hall–Kier alpha value is -2.98. The molecule has 1 amide bonds. The van der Waals surface area contributed by atoms with Crippen LogP contribution in [-0.4, -0.2) is 45.0 Å². The summed E-state index contributed by atoms with van der Waals surface area (Å²) in [6, 6.07) is 5.14. The number of para-hydroxylation sites is 1. The summed E-state index contributed by atoms with van der Waals surface area (Å²) < 4.78 is 41.0. The number of aliphatic hydroxyl groups excluding tert-OH is 1. The summed E-state index contributed by atoms with van der Waals surface area (Å²) in [5.74, 6) is -0.554. The highest BCUT2D eigenvalue weighted by Gasteiger charge is 2.33. The first-order valence-electron chi connectivity index (χ1n) is 7.74. The number of rotatable bonds is 4. The van der Waals surface area contributed by atoms with Crippen molar-refractivity contribution in [3.63, 3.8) is 0 Å². The maximum Gasteiger partial charge on any atom is 0.418 e. The van der Waals surface area contributed by atoms with Gasteiger partial charge < -0.3 is 5.11 Å². The van der Waals surface area contributed by atoms with Crippen molar-refractivity contribution in [1.82, 2.24) is 19.8 Å². The molecule has 142 valence electrons. The molecule has 0 saturated carbocycles. The highest BCUT2D eigenvalue weighted by atomic mass is 19.4. The van der Waals surface area contributed by atoms with E-state index >= 15 is 0 Å². The third kappa shape index (κ3) is 3.24. The van der Waals surface area contributed by atoms with Gasteiger partial charge >= 0.3 is 6.18 Å². The maximum absolute atomic E-state index is 13.3. The number of nitrogens with zero attached hydrogens (tertiary/aromatic N) is 4. The van der Waals surface area contributed by atoms with Crippen LogP contribution in [0, 0.1) is 0 Å². The summed E-state index contributed by atoms with van der Waals surface area (Å²) in [7, 11) is 2.69. The number of fused-ring (bicyclic) bond motifs is 1. The Bertz CT molecular complexity index is 1000. The van der Waals surface area contributed by atoms with E-state index < -0.39 is 24.3 Å². The Labute approximate surface area is 151 Å². The molecular weight excluding hydrogens is 365 g/mol. The molecule has 0 saturated heterocycles. The first-order chi connectivity index (χ1) is 12.8. The van der Waals surface area contributed by atoms with Gasteiger partial charge in [-0.3, -0.25) is 14.6 Å². The Morgan fingerprint density at radius 2 is 2.07 bits per heavy atom. The molecular formula is C17H15F3N4O3. The van der Waals surface area contributed by atoms with Gasteiger partial charge in [0, 0.05) is 18.6 Å². The zero-order valence-corrected chi connectivity index (χ0v) is 14.4. The Balaban J connectivity index is 2.23. The number of hydrogen-bond donors (Lipinski definition) is 1. The molecule has 0 fully saturated rings. The van der Waals surface area contributed by atoms with Crippen molar-refractivity contribution in [2.24, 2.45) is 0 Å². The Morgan fingerprint density at radius 3 is 2.70 bits per heavy atom. The standard InChI is InChI=1S/C17H15F3N4O3/c1-23(27-2)16(26)11-8-22-24(14(11)9-25)13-6-7-21-15-10(13)4-3-5-12(15)17(18,19)20/h3-8,25H,9H2,1-2H3. The van der Waals surface area contributed by atoms with Gasteiger partial charge in [-0.1, -0.05) is 12.1 Å². The lowest BCUT2D eigenvalue weighted by Gasteiger charge is -2.15. The monoisotopic (exact) mass is 380 g/mol. The summed E-state index contributed by atoms with van der Waals surface area (Å²) in [5, 5.41) is 15.0. The lowest BCUT2D eigenvalue weighted by Crippen LogP contribution is -2.26. The van der Waals surface area contributed by atoms with Crippen LogP contribution in [0.15, 0.2) is 36.7 Å². The van der Waals surface area contributed by atoms with Crippen LogP contribution in [0.1, 0.15) is 21.6 Å². The second kappa shape index (κ2) is 6.97. The number of aliphatic hydroxyl groups is 1.